The van der Waals surface area contributed by atoms with Crippen molar-refractivity contribution in [1.82, 2.24) is 19.8 Å². The molecule has 0 spiro atoms. The fourth-order valence-corrected chi connectivity index (χ4v) is 6.26. The summed E-state index contributed by atoms with van der Waals surface area (Å²) in [7, 11) is 2.21. The van der Waals surface area contributed by atoms with Crippen LogP contribution in [0.4, 0.5) is 28.8 Å². The van der Waals surface area contributed by atoms with Crippen molar-refractivity contribution in [2.45, 2.75) is 38.1 Å². The average Bonchev–Trinajstić information content (AvgIpc) is 3.40. The summed E-state index contributed by atoms with van der Waals surface area (Å²) in [5.74, 6) is 1.01. The van der Waals surface area contributed by atoms with Gasteiger partial charge in [-0.2, -0.15) is 4.98 Å². The van der Waals surface area contributed by atoms with Gasteiger partial charge in [-0.25, -0.2) is 4.98 Å². The lowest BCUT2D eigenvalue weighted by atomic mass is 10.0. The van der Waals surface area contributed by atoms with Gasteiger partial charge in [0.1, 0.15) is 5.02 Å². The summed E-state index contributed by atoms with van der Waals surface area (Å²) >= 11 is 13.1. The van der Waals surface area contributed by atoms with Crippen LogP contribution in [0.15, 0.2) is 42.6 Å². The maximum Gasteiger partial charge on any atom is 0.229 e. The number of piperazine rings is 1. The van der Waals surface area contributed by atoms with Crippen molar-refractivity contribution in [2.24, 2.45) is 0 Å². The number of hydrogen-bond acceptors (Lipinski definition) is 7. The molecule has 2 N–H and O–H groups in total. The first-order chi connectivity index (χ1) is 18.5. The Bertz CT molecular complexity index is 1280. The molecular formula is C29H35Cl2N7. The lowest BCUT2D eigenvalue weighted by molar-refractivity contribution is 0.0982. The van der Waals surface area contributed by atoms with Crippen molar-refractivity contribution in [3.63, 3.8) is 0 Å². The maximum absolute atomic E-state index is 6.72. The Morgan fingerprint density at radius 1 is 0.842 bits per heavy atom. The van der Waals surface area contributed by atoms with Gasteiger partial charge >= 0.3 is 0 Å². The van der Waals surface area contributed by atoms with Crippen LogP contribution in [-0.4, -0.2) is 72.1 Å². The number of hydrogen-bond donors (Lipinski definition) is 2. The largest absolute Gasteiger partial charge is 0.371 e. The third kappa shape index (κ3) is 5.71. The zero-order chi connectivity index (χ0) is 26.1. The van der Waals surface area contributed by atoms with Crippen molar-refractivity contribution < 1.29 is 0 Å². The van der Waals surface area contributed by atoms with Gasteiger partial charge < -0.3 is 20.4 Å². The van der Waals surface area contributed by atoms with Crippen LogP contribution in [0.2, 0.25) is 10.0 Å². The third-order valence-electron chi connectivity index (χ3n) is 8.19. The van der Waals surface area contributed by atoms with Crippen LogP contribution in [0.1, 0.15) is 30.4 Å². The summed E-state index contributed by atoms with van der Waals surface area (Å²) < 4.78 is 0. The highest BCUT2D eigenvalue weighted by Gasteiger charge is 2.27. The zero-order valence-corrected chi connectivity index (χ0v) is 23.4. The van der Waals surface area contributed by atoms with E-state index >= 15 is 0 Å². The quantitative estimate of drug-likeness (QED) is 0.391. The van der Waals surface area contributed by atoms with Crippen LogP contribution in [0.5, 0.6) is 0 Å². The molecule has 3 heterocycles. The predicted molar refractivity (Wildman–Crippen MR) is 158 cm³/mol. The lowest BCUT2D eigenvalue weighted by Gasteiger charge is -2.42. The number of benzene rings is 2. The Kier molecular flexibility index (Phi) is 7.61. The molecule has 0 atom stereocenters. The minimum Gasteiger partial charge on any atom is -0.371 e. The summed E-state index contributed by atoms with van der Waals surface area (Å²) in [5, 5.41) is 7.74. The van der Waals surface area contributed by atoms with Crippen LogP contribution in [0.25, 0.3) is 0 Å². The second kappa shape index (κ2) is 11.3. The smallest absolute Gasteiger partial charge is 0.229 e. The number of fused-ring (bicyclic) bond motifs is 1. The normalized spacial score (nSPS) is 19.0. The molecule has 1 aromatic heterocycles. The first-order valence-electron chi connectivity index (χ1n) is 13.7. The molecule has 0 saturated carbocycles. The van der Waals surface area contributed by atoms with Crippen molar-refractivity contribution in [1.29, 1.82) is 0 Å². The Morgan fingerprint density at radius 2 is 1.63 bits per heavy atom. The molecule has 6 rings (SSSR count). The van der Waals surface area contributed by atoms with Crippen molar-refractivity contribution in [3.8, 4) is 0 Å². The summed E-state index contributed by atoms with van der Waals surface area (Å²) in [6, 6.07) is 13.3. The van der Waals surface area contributed by atoms with E-state index in [1.54, 1.807) is 6.20 Å². The number of halogens is 2. The molecular weight excluding hydrogens is 517 g/mol. The monoisotopic (exact) mass is 551 g/mol. The second-order valence-electron chi connectivity index (χ2n) is 10.7. The van der Waals surface area contributed by atoms with E-state index in [2.05, 4.69) is 66.6 Å². The standard InChI is InChI=1S/C29H35Cl2N7/c1-36-13-15-38(16-14-36)23-9-11-37(12-10-23)24-7-8-27(25(30)18-24)34-29-32-19-26(31)28(35-29)33-22-6-5-20-3-2-4-21(20)17-22/h5-8,17-19,23H,2-4,9-16H2,1H3,(H2,32,33,34,35). The highest BCUT2D eigenvalue weighted by Crippen LogP contribution is 2.33. The maximum atomic E-state index is 6.72. The van der Waals surface area contributed by atoms with Gasteiger partial charge in [-0.1, -0.05) is 29.3 Å². The minimum absolute atomic E-state index is 0.445. The Morgan fingerprint density at radius 3 is 2.42 bits per heavy atom. The van der Waals surface area contributed by atoms with Crippen LogP contribution in [0, 0.1) is 0 Å². The zero-order valence-electron chi connectivity index (χ0n) is 21.9. The number of piperidine rings is 1. The van der Waals surface area contributed by atoms with E-state index in [1.165, 1.54) is 56.6 Å². The molecule has 3 aliphatic rings. The van der Waals surface area contributed by atoms with Gasteiger partial charge in [-0.3, -0.25) is 4.90 Å². The van der Waals surface area contributed by atoms with E-state index < -0.39 is 0 Å². The van der Waals surface area contributed by atoms with Gasteiger partial charge in [0.2, 0.25) is 5.95 Å². The molecule has 3 aromatic rings. The molecule has 38 heavy (non-hydrogen) atoms. The molecule has 2 aliphatic heterocycles. The van der Waals surface area contributed by atoms with Crippen LogP contribution in [0.3, 0.4) is 0 Å². The summed E-state index contributed by atoms with van der Waals surface area (Å²) in [6.45, 7) is 6.83. The fraction of sp³-hybridized carbons (Fsp3) is 0.448. The van der Waals surface area contributed by atoms with Crippen LogP contribution < -0.4 is 15.5 Å². The van der Waals surface area contributed by atoms with E-state index in [9.17, 15) is 0 Å². The number of nitrogens with one attached hydrogen (secondary N) is 2. The topological polar surface area (TPSA) is 59.6 Å². The van der Waals surface area contributed by atoms with E-state index in [-0.39, 0.29) is 0 Å². The lowest BCUT2D eigenvalue weighted by Crippen LogP contribution is -2.52. The van der Waals surface area contributed by atoms with E-state index in [4.69, 9.17) is 23.2 Å². The Balaban J connectivity index is 1.09. The van der Waals surface area contributed by atoms with Crippen LogP contribution in [-0.2, 0) is 12.8 Å². The van der Waals surface area contributed by atoms with Crippen LogP contribution >= 0.6 is 23.2 Å². The minimum atomic E-state index is 0.445. The van der Waals surface area contributed by atoms with E-state index in [0.717, 1.165) is 43.0 Å². The van der Waals surface area contributed by atoms with Gasteiger partial charge in [0.15, 0.2) is 5.82 Å². The molecule has 7 nitrogen and oxygen atoms in total. The first kappa shape index (κ1) is 25.7. The number of aryl methyl sites for hydroxylation is 2. The van der Waals surface area contributed by atoms with Gasteiger partial charge in [-0.15, -0.1) is 0 Å². The van der Waals surface area contributed by atoms with Gasteiger partial charge in [0.05, 0.1) is 16.9 Å². The summed E-state index contributed by atoms with van der Waals surface area (Å²) in [4.78, 5) is 16.5. The summed E-state index contributed by atoms with van der Waals surface area (Å²) in [6.07, 6.45) is 7.50. The average molecular weight is 553 g/mol. The van der Waals surface area contributed by atoms with Gasteiger partial charge in [0.25, 0.3) is 0 Å². The molecule has 0 amide bonds. The molecule has 0 radical (unpaired) electrons. The molecule has 0 unspecified atom stereocenters. The van der Waals surface area contributed by atoms with Crippen molar-refractivity contribution in [3.05, 3.63) is 63.8 Å². The molecule has 2 saturated heterocycles. The van der Waals surface area contributed by atoms with Gasteiger partial charge in [-0.05, 0) is 80.6 Å². The highest BCUT2D eigenvalue weighted by molar-refractivity contribution is 6.34. The SMILES string of the molecule is CN1CCN(C2CCN(c3ccc(Nc4ncc(Cl)c(Nc5ccc6c(c5)CCC6)n4)c(Cl)c3)CC2)CC1. The third-order valence-corrected chi connectivity index (χ3v) is 8.78. The second-order valence-corrected chi connectivity index (χ2v) is 11.5. The molecule has 1 aliphatic carbocycles. The Labute approximate surface area is 235 Å². The number of rotatable bonds is 6. The highest BCUT2D eigenvalue weighted by atomic mass is 35.5. The molecule has 200 valence electrons. The molecule has 2 aromatic carbocycles. The molecule has 2 fully saturated rings. The molecule has 0 bridgehead atoms. The van der Waals surface area contributed by atoms with Gasteiger partial charge in [0, 0.05) is 56.7 Å². The Hall–Kier alpha value is -2.58. The predicted octanol–water partition coefficient (Wildman–Crippen LogP) is 5.98. The number of nitrogens with zero attached hydrogens (tertiary/aromatic N) is 5. The first-order valence-corrected chi connectivity index (χ1v) is 14.4. The van der Waals surface area contributed by atoms with E-state index in [1.807, 2.05) is 12.1 Å². The van der Waals surface area contributed by atoms with Crippen molar-refractivity contribution >= 4 is 52.0 Å². The number of anilines is 5. The van der Waals surface area contributed by atoms with Crippen molar-refractivity contribution in [2.75, 3.05) is 61.8 Å². The number of aromatic nitrogens is 2. The summed E-state index contributed by atoms with van der Waals surface area (Å²) in [5.41, 5.74) is 5.75. The van der Waals surface area contributed by atoms with E-state index in [0.29, 0.717) is 27.9 Å². The molecule has 9 heteroatoms. The number of likely N-dealkylation sites (N-methyl/N-ethyl adjacent to an activating group) is 1. The fourth-order valence-electron chi connectivity index (χ4n) is 5.90.